The maximum atomic E-state index is 11.2. The van der Waals surface area contributed by atoms with Crippen molar-refractivity contribution in [2.24, 2.45) is 5.92 Å². The Morgan fingerprint density at radius 3 is 2.60 bits per heavy atom. The highest BCUT2D eigenvalue weighted by Gasteiger charge is 2.17. The van der Waals surface area contributed by atoms with Crippen LogP contribution in [0.3, 0.4) is 0 Å². The van der Waals surface area contributed by atoms with Gasteiger partial charge in [0.05, 0.1) is 18.2 Å². The summed E-state index contributed by atoms with van der Waals surface area (Å²) in [7, 11) is 1.66. The molecule has 160 valence electrons. The molecule has 0 aliphatic carbocycles. The van der Waals surface area contributed by atoms with E-state index in [2.05, 4.69) is 41.2 Å². The van der Waals surface area contributed by atoms with E-state index in [9.17, 15) is 9.90 Å². The molecule has 3 aromatic rings. The topological polar surface area (TPSA) is 80.5 Å². The van der Waals surface area contributed by atoms with Crippen LogP contribution in [0, 0.1) is 5.92 Å². The van der Waals surface area contributed by atoms with Crippen LogP contribution in [0.5, 0.6) is 5.75 Å². The van der Waals surface area contributed by atoms with Gasteiger partial charge < -0.3 is 14.7 Å². The predicted molar refractivity (Wildman–Crippen MR) is 118 cm³/mol. The number of ether oxygens (including phenoxy) is 1. The third kappa shape index (κ3) is 5.09. The summed E-state index contributed by atoms with van der Waals surface area (Å²) >= 11 is 0. The van der Waals surface area contributed by atoms with Gasteiger partial charge in [-0.3, -0.25) is 0 Å². The third-order valence-electron chi connectivity index (χ3n) is 5.52. The summed E-state index contributed by atoms with van der Waals surface area (Å²) in [5.74, 6) is 0.442. The number of hydrogen-bond donors (Lipinski definition) is 1. The van der Waals surface area contributed by atoms with E-state index in [1.165, 1.54) is 19.3 Å². The lowest BCUT2D eigenvalue weighted by molar-refractivity contribution is 0.0697. The van der Waals surface area contributed by atoms with Crippen molar-refractivity contribution in [3.63, 3.8) is 0 Å². The van der Waals surface area contributed by atoms with E-state index in [4.69, 9.17) is 4.74 Å². The zero-order chi connectivity index (χ0) is 21.5. The summed E-state index contributed by atoms with van der Waals surface area (Å²) in [4.78, 5) is 13.5. The van der Waals surface area contributed by atoms with Crippen LogP contribution < -0.4 is 9.64 Å². The highest BCUT2D eigenvalue weighted by molar-refractivity contribution is 5.92. The molecule has 0 radical (unpaired) electrons. The van der Waals surface area contributed by atoms with Crippen molar-refractivity contribution in [1.29, 1.82) is 0 Å². The lowest BCUT2D eigenvalue weighted by Gasteiger charge is -2.29. The standard InChI is InChI=1S/C23H30N4O3/c1-4-6-7-17(5-2)15-26(19-9-11-20(30-3)12-10-19)16-27-22-13-8-18(23(28)29)14-21(22)24-25-27/h8-14,17H,4-7,15-16H2,1-3H3,(H,28,29). The first-order valence-electron chi connectivity index (χ1n) is 10.5. The molecule has 3 rings (SSSR count). The van der Waals surface area contributed by atoms with Crippen LogP contribution >= 0.6 is 0 Å². The Bertz CT molecular complexity index is 968. The van der Waals surface area contributed by atoms with Gasteiger partial charge in [-0.15, -0.1) is 5.10 Å². The zero-order valence-corrected chi connectivity index (χ0v) is 17.9. The molecular weight excluding hydrogens is 380 g/mol. The fraction of sp³-hybridized carbons (Fsp3) is 0.435. The number of aromatic carboxylic acids is 1. The number of carboxylic acids is 1. The van der Waals surface area contributed by atoms with Crippen LogP contribution in [-0.2, 0) is 6.67 Å². The maximum absolute atomic E-state index is 11.2. The first-order chi connectivity index (χ1) is 14.5. The number of carboxylic acid groups (broad SMARTS) is 1. The van der Waals surface area contributed by atoms with Gasteiger partial charge in [-0.05, 0) is 54.8 Å². The maximum Gasteiger partial charge on any atom is 0.335 e. The molecule has 1 aromatic heterocycles. The van der Waals surface area contributed by atoms with E-state index in [1.807, 2.05) is 16.8 Å². The molecule has 0 aliphatic heterocycles. The number of hydrogen-bond acceptors (Lipinski definition) is 5. The average Bonchev–Trinajstić information content (AvgIpc) is 3.17. The summed E-state index contributed by atoms with van der Waals surface area (Å²) in [5, 5.41) is 17.7. The first-order valence-corrected chi connectivity index (χ1v) is 10.5. The molecule has 1 heterocycles. The molecule has 1 unspecified atom stereocenters. The number of unbranched alkanes of at least 4 members (excludes halogenated alkanes) is 1. The number of carbonyl (C=O) groups is 1. The quantitative estimate of drug-likeness (QED) is 0.488. The molecule has 7 heteroatoms. The third-order valence-corrected chi connectivity index (χ3v) is 5.52. The summed E-state index contributed by atoms with van der Waals surface area (Å²) in [6.07, 6.45) is 4.73. The molecule has 1 atom stereocenters. The van der Waals surface area contributed by atoms with Crippen molar-refractivity contribution in [2.45, 2.75) is 46.2 Å². The van der Waals surface area contributed by atoms with E-state index >= 15 is 0 Å². The molecule has 0 saturated carbocycles. The normalized spacial score (nSPS) is 12.1. The van der Waals surface area contributed by atoms with Crippen molar-refractivity contribution < 1.29 is 14.6 Å². The van der Waals surface area contributed by atoms with E-state index < -0.39 is 5.97 Å². The van der Waals surface area contributed by atoms with E-state index in [0.717, 1.165) is 29.9 Å². The summed E-state index contributed by atoms with van der Waals surface area (Å²) < 4.78 is 7.14. The second-order valence-corrected chi connectivity index (χ2v) is 7.58. The van der Waals surface area contributed by atoms with Gasteiger partial charge in [0.2, 0.25) is 0 Å². The molecule has 0 amide bonds. The number of rotatable bonds is 11. The monoisotopic (exact) mass is 410 g/mol. The fourth-order valence-corrected chi connectivity index (χ4v) is 3.64. The van der Waals surface area contributed by atoms with Crippen LogP contribution in [-0.4, -0.2) is 39.7 Å². The van der Waals surface area contributed by atoms with E-state index in [-0.39, 0.29) is 5.56 Å². The van der Waals surface area contributed by atoms with Gasteiger partial charge in [0.15, 0.2) is 0 Å². The number of benzene rings is 2. The van der Waals surface area contributed by atoms with E-state index in [1.54, 1.807) is 25.3 Å². The predicted octanol–water partition coefficient (Wildman–Crippen LogP) is 4.82. The number of aromatic nitrogens is 3. The Balaban J connectivity index is 1.89. The summed E-state index contributed by atoms with van der Waals surface area (Å²) in [6, 6.07) is 13.0. The minimum absolute atomic E-state index is 0.215. The highest BCUT2D eigenvalue weighted by Crippen LogP contribution is 2.24. The molecule has 1 N–H and O–H groups in total. The van der Waals surface area contributed by atoms with Crippen molar-refractivity contribution in [3.8, 4) is 5.75 Å². The minimum Gasteiger partial charge on any atom is -0.497 e. The summed E-state index contributed by atoms with van der Waals surface area (Å²) in [5.41, 5.74) is 2.71. The van der Waals surface area contributed by atoms with Gasteiger partial charge in [0, 0.05) is 12.2 Å². The van der Waals surface area contributed by atoms with Crippen molar-refractivity contribution in [3.05, 3.63) is 48.0 Å². The first kappa shape index (κ1) is 21.6. The van der Waals surface area contributed by atoms with Crippen LogP contribution in [0.4, 0.5) is 5.69 Å². The number of nitrogens with zero attached hydrogens (tertiary/aromatic N) is 4. The van der Waals surface area contributed by atoms with Gasteiger partial charge in [0.25, 0.3) is 0 Å². The Morgan fingerprint density at radius 2 is 1.97 bits per heavy atom. The van der Waals surface area contributed by atoms with Crippen LogP contribution in [0.25, 0.3) is 11.0 Å². The van der Waals surface area contributed by atoms with Gasteiger partial charge in [-0.25, -0.2) is 9.48 Å². The van der Waals surface area contributed by atoms with Crippen LogP contribution in [0.1, 0.15) is 49.9 Å². The lowest BCUT2D eigenvalue weighted by atomic mass is 9.98. The van der Waals surface area contributed by atoms with Gasteiger partial charge in [-0.1, -0.05) is 38.3 Å². The Kier molecular flexibility index (Phi) is 7.27. The SMILES string of the molecule is CCCCC(CC)CN(Cn1nnc2cc(C(=O)O)ccc21)c1ccc(OC)cc1. The number of methoxy groups -OCH3 is 1. The smallest absolute Gasteiger partial charge is 0.335 e. The van der Waals surface area contributed by atoms with Gasteiger partial charge >= 0.3 is 5.97 Å². The Hall–Kier alpha value is -3.09. The second kappa shape index (κ2) is 10.1. The fourth-order valence-electron chi connectivity index (χ4n) is 3.64. The van der Waals surface area contributed by atoms with Crippen LogP contribution in [0.2, 0.25) is 0 Å². The largest absolute Gasteiger partial charge is 0.497 e. The van der Waals surface area contributed by atoms with E-state index in [0.29, 0.717) is 18.1 Å². The number of fused-ring (bicyclic) bond motifs is 1. The molecule has 0 saturated heterocycles. The Morgan fingerprint density at radius 1 is 1.20 bits per heavy atom. The molecule has 0 aliphatic rings. The minimum atomic E-state index is -0.965. The van der Waals surface area contributed by atoms with Crippen LogP contribution in [0.15, 0.2) is 42.5 Å². The lowest BCUT2D eigenvalue weighted by Crippen LogP contribution is -2.32. The van der Waals surface area contributed by atoms with Crippen molar-refractivity contribution in [1.82, 2.24) is 15.0 Å². The summed E-state index contributed by atoms with van der Waals surface area (Å²) in [6.45, 7) is 5.92. The molecule has 0 bridgehead atoms. The highest BCUT2D eigenvalue weighted by atomic mass is 16.5. The van der Waals surface area contributed by atoms with Crippen molar-refractivity contribution in [2.75, 3.05) is 18.6 Å². The van der Waals surface area contributed by atoms with Gasteiger partial charge in [-0.2, -0.15) is 0 Å². The average molecular weight is 411 g/mol. The Labute approximate surface area is 177 Å². The number of anilines is 1. The molecule has 30 heavy (non-hydrogen) atoms. The zero-order valence-electron chi connectivity index (χ0n) is 17.9. The molecule has 2 aromatic carbocycles. The molecule has 0 spiro atoms. The second-order valence-electron chi connectivity index (χ2n) is 7.58. The molecular formula is C23H30N4O3. The molecule has 0 fully saturated rings. The van der Waals surface area contributed by atoms with Gasteiger partial charge in [0.1, 0.15) is 17.9 Å². The molecule has 7 nitrogen and oxygen atoms in total. The van der Waals surface area contributed by atoms with Crippen molar-refractivity contribution >= 4 is 22.7 Å².